The summed E-state index contributed by atoms with van der Waals surface area (Å²) in [5.41, 5.74) is 3.03. The molecule has 0 saturated heterocycles. The first-order chi connectivity index (χ1) is 14.3. The Morgan fingerprint density at radius 3 is 2.57 bits per heavy atom. The molecule has 0 saturated carbocycles. The zero-order valence-electron chi connectivity index (χ0n) is 15.5. The van der Waals surface area contributed by atoms with Gasteiger partial charge < -0.3 is 19.5 Å². The van der Waals surface area contributed by atoms with Gasteiger partial charge in [0.15, 0.2) is 5.75 Å². The second-order valence-electron chi connectivity index (χ2n) is 6.36. The minimum atomic E-state index is -4.83. The van der Waals surface area contributed by atoms with Gasteiger partial charge in [-0.05, 0) is 47.5 Å². The fourth-order valence-corrected chi connectivity index (χ4v) is 3.42. The summed E-state index contributed by atoms with van der Waals surface area (Å²) in [5, 5.41) is 2.57. The van der Waals surface area contributed by atoms with Gasteiger partial charge in [-0.25, -0.2) is 0 Å². The average molecular weight is 432 g/mol. The van der Waals surface area contributed by atoms with Crippen LogP contribution in [0.5, 0.6) is 17.2 Å². The average Bonchev–Trinajstić information content (AvgIpc) is 2.82. The number of rotatable bonds is 4. The lowest BCUT2D eigenvalue weighted by molar-refractivity contribution is -0.274. The number of amides is 1. The molecule has 1 heterocycles. The van der Waals surface area contributed by atoms with Gasteiger partial charge in [0.2, 0.25) is 0 Å². The molecular formula is C21H15F3N2O3S. The molecule has 1 aliphatic heterocycles. The molecule has 0 radical (unpaired) electrons. The van der Waals surface area contributed by atoms with Gasteiger partial charge in [-0.3, -0.25) is 4.79 Å². The molecule has 0 unspecified atom stereocenters. The molecule has 154 valence electrons. The van der Waals surface area contributed by atoms with Crippen molar-refractivity contribution in [2.45, 2.75) is 6.36 Å². The highest BCUT2D eigenvalue weighted by Gasteiger charge is 2.32. The molecule has 0 bridgehead atoms. The second-order valence-corrected chi connectivity index (χ2v) is 6.97. The predicted molar refractivity (Wildman–Crippen MR) is 110 cm³/mol. The van der Waals surface area contributed by atoms with E-state index in [1.807, 2.05) is 30.5 Å². The van der Waals surface area contributed by atoms with Gasteiger partial charge in [-0.1, -0.05) is 30.1 Å². The lowest BCUT2D eigenvalue weighted by atomic mass is 10.0. The van der Waals surface area contributed by atoms with E-state index in [-0.39, 0.29) is 17.0 Å². The van der Waals surface area contributed by atoms with Crippen molar-refractivity contribution in [3.63, 3.8) is 0 Å². The Balaban J connectivity index is 1.69. The van der Waals surface area contributed by atoms with Crippen LogP contribution in [0.25, 0.3) is 11.1 Å². The maximum Gasteiger partial charge on any atom is 0.573 e. The minimum Gasteiger partial charge on any atom is -0.454 e. The maximum absolute atomic E-state index is 12.6. The zero-order chi connectivity index (χ0) is 21.3. The molecule has 0 aromatic heterocycles. The molecule has 3 aromatic carbocycles. The minimum absolute atomic E-state index is 0.0886. The van der Waals surface area contributed by atoms with E-state index in [4.69, 9.17) is 4.74 Å². The molecule has 5 nitrogen and oxygen atoms in total. The number of ether oxygens (including phenoxy) is 2. The Labute approximate surface area is 174 Å². The summed E-state index contributed by atoms with van der Waals surface area (Å²) in [6.45, 7) is 0. The highest BCUT2D eigenvalue weighted by molar-refractivity contribution is 7.99. The number of alkyl halides is 3. The van der Waals surface area contributed by atoms with E-state index >= 15 is 0 Å². The molecule has 1 amide bonds. The number of nitrogens with one attached hydrogen (secondary N) is 2. The summed E-state index contributed by atoms with van der Waals surface area (Å²) in [5.74, 6) is -0.421. The van der Waals surface area contributed by atoms with Gasteiger partial charge in [-0.2, -0.15) is 0 Å². The molecule has 2 N–H and O–H groups in total. The Morgan fingerprint density at radius 2 is 1.80 bits per heavy atom. The van der Waals surface area contributed by atoms with Crippen molar-refractivity contribution in [2.24, 2.45) is 0 Å². The normalized spacial score (nSPS) is 12.7. The summed E-state index contributed by atoms with van der Waals surface area (Å²) in [7, 11) is 0. The standard InChI is InChI=1S/C21H15F3N2O3S/c1-30-26-14-4-2-3-12(9-14)13-5-7-16-19(10-13)28-18-8-6-15(29-21(22,23)24)11-17(18)25-20(16)27/h2-11,26H,1H3,(H,25,27). The summed E-state index contributed by atoms with van der Waals surface area (Å²) in [4.78, 5) is 12.6. The zero-order valence-corrected chi connectivity index (χ0v) is 16.4. The van der Waals surface area contributed by atoms with Crippen molar-refractivity contribution in [3.8, 4) is 28.4 Å². The van der Waals surface area contributed by atoms with Crippen molar-refractivity contribution < 1.29 is 27.4 Å². The van der Waals surface area contributed by atoms with E-state index in [0.717, 1.165) is 28.9 Å². The molecule has 9 heteroatoms. The van der Waals surface area contributed by atoms with Gasteiger partial charge in [0.05, 0.1) is 11.3 Å². The summed E-state index contributed by atoms with van der Waals surface area (Å²) >= 11 is 1.47. The summed E-state index contributed by atoms with van der Waals surface area (Å²) in [6, 6.07) is 16.4. The van der Waals surface area contributed by atoms with Crippen LogP contribution in [-0.2, 0) is 0 Å². The van der Waals surface area contributed by atoms with Crippen LogP contribution in [0.4, 0.5) is 24.5 Å². The van der Waals surface area contributed by atoms with Gasteiger partial charge in [0, 0.05) is 18.0 Å². The number of benzene rings is 3. The topological polar surface area (TPSA) is 59.6 Å². The van der Waals surface area contributed by atoms with Gasteiger partial charge in [0.1, 0.15) is 11.5 Å². The fourth-order valence-electron chi connectivity index (χ4n) is 3.06. The first-order valence-corrected chi connectivity index (χ1v) is 9.97. The van der Waals surface area contributed by atoms with Gasteiger partial charge in [-0.15, -0.1) is 13.2 Å². The molecule has 1 aliphatic rings. The first kappa shape index (κ1) is 20.0. The van der Waals surface area contributed by atoms with E-state index in [1.54, 1.807) is 18.2 Å². The molecule has 3 aromatic rings. The molecule has 0 aliphatic carbocycles. The lowest BCUT2D eigenvalue weighted by Gasteiger charge is -2.12. The fraction of sp³-hybridized carbons (Fsp3) is 0.0952. The summed E-state index contributed by atoms with van der Waals surface area (Å²) in [6.07, 6.45) is -2.91. The largest absolute Gasteiger partial charge is 0.573 e. The molecular weight excluding hydrogens is 417 g/mol. The lowest BCUT2D eigenvalue weighted by Crippen LogP contribution is -2.17. The van der Waals surface area contributed by atoms with Gasteiger partial charge >= 0.3 is 6.36 Å². The van der Waals surface area contributed by atoms with E-state index in [2.05, 4.69) is 14.8 Å². The Kier molecular flexibility index (Phi) is 5.21. The number of anilines is 2. The van der Waals surface area contributed by atoms with Crippen molar-refractivity contribution in [2.75, 3.05) is 16.3 Å². The van der Waals surface area contributed by atoms with Crippen molar-refractivity contribution in [1.29, 1.82) is 0 Å². The maximum atomic E-state index is 12.6. The van der Waals surface area contributed by atoms with Crippen LogP contribution < -0.4 is 19.5 Å². The van der Waals surface area contributed by atoms with Crippen LogP contribution in [0.1, 0.15) is 10.4 Å². The first-order valence-electron chi connectivity index (χ1n) is 8.75. The van der Waals surface area contributed by atoms with E-state index in [0.29, 0.717) is 5.75 Å². The van der Waals surface area contributed by atoms with Crippen LogP contribution >= 0.6 is 11.9 Å². The van der Waals surface area contributed by atoms with Crippen molar-refractivity contribution >= 4 is 29.2 Å². The van der Waals surface area contributed by atoms with Gasteiger partial charge in [0.25, 0.3) is 5.91 Å². The quantitative estimate of drug-likeness (QED) is 0.474. The van der Waals surface area contributed by atoms with Crippen LogP contribution in [0.15, 0.2) is 60.7 Å². The molecule has 0 atom stereocenters. The molecule has 0 spiro atoms. The number of carbonyl (C=O) groups is 1. The predicted octanol–water partition coefficient (Wildman–Crippen LogP) is 6.30. The molecule has 30 heavy (non-hydrogen) atoms. The van der Waals surface area contributed by atoms with Crippen molar-refractivity contribution in [1.82, 2.24) is 0 Å². The van der Waals surface area contributed by atoms with E-state index < -0.39 is 18.0 Å². The molecule has 4 rings (SSSR count). The number of carbonyl (C=O) groups excluding carboxylic acids is 1. The highest BCUT2D eigenvalue weighted by atomic mass is 32.2. The third kappa shape index (κ3) is 4.30. The van der Waals surface area contributed by atoms with Crippen LogP contribution in [-0.4, -0.2) is 18.5 Å². The smallest absolute Gasteiger partial charge is 0.454 e. The number of hydrogen-bond acceptors (Lipinski definition) is 5. The Morgan fingerprint density at radius 1 is 1.00 bits per heavy atom. The second kappa shape index (κ2) is 7.83. The third-order valence-electron chi connectivity index (χ3n) is 4.29. The van der Waals surface area contributed by atoms with Crippen LogP contribution in [0.2, 0.25) is 0 Å². The van der Waals surface area contributed by atoms with E-state index in [1.165, 1.54) is 18.0 Å². The van der Waals surface area contributed by atoms with Crippen LogP contribution in [0, 0.1) is 0 Å². The SMILES string of the molecule is CSNc1cccc(-c2ccc3c(c2)Oc2ccc(OC(F)(F)F)cc2NC3=O)c1. The highest BCUT2D eigenvalue weighted by Crippen LogP contribution is 2.40. The Hall–Kier alpha value is -3.33. The third-order valence-corrected chi connectivity index (χ3v) is 4.73. The monoisotopic (exact) mass is 432 g/mol. The summed E-state index contributed by atoms with van der Waals surface area (Å²) < 4.78 is 50.4. The number of halogens is 3. The Bertz CT molecular complexity index is 1120. The number of hydrogen-bond donors (Lipinski definition) is 2. The van der Waals surface area contributed by atoms with Crippen molar-refractivity contribution in [3.05, 3.63) is 66.2 Å². The van der Waals surface area contributed by atoms with Crippen LogP contribution in [0.3, 0.4) is 0 Å². The molecule has 0 fully saturated rings. The van der Waals surface area contributed by atoms with E-state index in [9.17, 15) is 18.0 Å². The number of fused-ring (bicyclic) bond motifs is 2.